The molecule has 3 aromatic rings. The number of carboxylic acid groups (broad SMARTS) is 1. The van der Waals surface area contributed by atoms with Gasteiger partial charge in [0.05, 0.1) is 35.9 Å². The van der Waals surface area contributed by atoms with E-state index in [-0.39, 0.29) is 11.4 Å². The molecule has 33 heavy (non-hydrogen) atoms. The van der Waals surface area contributed by atoms with Crippen molar-refractivity contribution >= 4 is 16.9 Å². The number of benzene rings is 2. The molecule has 2 aliphatic rings. The Hall–Kier alpha value is -2.83. The molecule has 0 radical (unpaired) electrons. The van der Waals surface area contributed by atoms with Crippen LogP contribution in [0.3, 0.4) is 0 Å². The van der Waals surface area contributed by atoms with E-state index in [1.807, 2.05) is 24.3 Å². The summed E-state index contributed by atoms with van der Waals surface area (Å²) in [7, 11) is 0. The molecule has 0 bridgehead atoms. The number of halogens is 1. The number of nitrogens with zero attached hydrogens (tertiary/aromatic N) is 2. The number of likely N-dealkylation sites (tertiary alicyclic amines) is 1. The van der Waals surface area contributed by atoms with Gasteiger partial charge in [-0.15, -0.1) is 0 Å². The minimum atomic E-state index is -0.971. The van der Waals surface area contributed by atoms with Gasteiger partial charge in [-0.05, 0) is 37.5 Å². The number of nitrogens with one attached hydrogen (secondary N) is 1. The summed E-state index contributed by atoms with van der Waals surface area (Å²) in [5.74, 6) is -1.34. The molecule has 6 heteroatoms. The normalized spacial score (nSPS) is 18.9. The van der Waals surface area contributed by atoms with Crippen LogP contribution in [0.4, 0.5) is 4.39 Å². The lowest BCUT2D eigenvalue weighted by Crippen LogP contribution is -2.60. The summed E-state index contributed by atoms with van der Waals surface area (Å²) in [6.07, 6.45) is 5.66. The zero-order valence-electron chi connectivity index (χ0n) is 18.9. The molecule has 5 nitrogen and oxygen atoms in total. The number of carboxylic acids is 1. The summed E-state index contributed by atoms with van der Waals surface area (Å²) in [4.78, 5) is 17.6. The zero-order chi connectivity index (χ0) is 22.8. The van der Waals surface area contributed by atoms with Gasteiger partial charge in [-0.25, -0.2) is 14.2 Å². The average Bonchev–Trinajstić information content (AvgIpc) is 2.85. The predicted molar refractivity (Wildman–Crippen MR) is 128 cm³/mol. The molecule has 2 N–H and O–H groups in total. The van der Waals surface area contributed by atoms with Crippen molar-refractivity contribution in [1.82, 2.24) is 10.3 Å². The monoisotopic (exact) mass is 448 g/mol. The van der Waals surface area contributed by atoms with Crippen molar-refractivity contribution < 1.29 is 18.8 Å². The predicted octanol–water partition coefficient (Wildman–Crippen LogP) is 4.99. The van der Waals surface area contributed by atoms with Gasteiger partial charge in [0.15, 0.2) is 0 Å². The maximum atomic E-state index is 15.0. The van der Waals surface area contributed by atoms with E-state index in [0.29, 0.717) is 40.3 Å². The lowest BCUT2D eigenvalue weighted by atomic mass is 9.91. The molecule has 2 aliphatic heterocycles. The summed E-state index contributed by atoms with van der Waals surface area (Å²) in [6.45, 7) is 4.63. The Morgan fingerprint density at radius 3 is 2.45 bits per heavy atom. The van der Waals surface area contributed by atoms with Crippen molar-refractivity contribution in [2.75, 3.05) is 26.2 Å². The summed E-state index contributed by atoms with van der Waals surface area (Å²) >= 11 is 0. The van der Waals surface area contributed by atoms with Gasteiger partial charge in [-0.2, -0.15) is 0 Å². The highest BCUT2D eigenvalue weighted by Gasteiger charge is 2.41. The maximum absolute atomic E-state index is 15.0. The van der Waals surface area contributed by atoms with E-state index in [0.717, 1.165) is 56.3 Å². The van der Waals surface area contributed by atoms with Crippen LogP contribution in [-0.4, -0.2) is 52.8 Å². The number of rotatable bonds is 5. The van der Waals surface area contributed by atoms with Crippen LogP contribution in [0.25, 0.3) is 22.2 Å². The van der Waals surface area contributed by atoms with Gasteiger partial charge in [-0.3, -0.25) is 0 Å². The third kappa shape index (κ3) is 4.13. The summed E-state index contributed by atoms with van der Waals surface area (Å²) in [5, 5.41) is 14.5. The third-order valence-corrected chi connectivity index (χ3v) is 7.60. The Morgan fingerprint density at radius 2 is 1.73 bits per heavy atom. The molecular weight excluding hydrogens is 417 g/mol. The van der Waals surface area contributed by atoms with E-state index in [1.54, 1.807) is 18.2 Å². The van der Waals surface area contributed by atoms with Crippen LogP contribution in [0, 0.1) is 5.82 Å². The zero-order valence-corrected chi connectivity index (χ0v) is 18.9. The van der Waals surface area contributed by atoms with Crippen LogP contribution in [0.2, 0.25) is 0 Å². The highest BCUT2D eigenvalue weighted by molar-refractivity contribution is 6.05. The molecule has 0 unspecified atom stereocenters. The number of para-hydroxylation sites is 1. The molecule has 3 heterocycles. The van der Waals surface area contributed by atoms with E-state index >= 15 is 4.39 Å². The number of aromatic nitrogens is 1. The Balaban J connectivity index is 1.74. The first kappa shape index (κ1) is 22.0. The van der Waals surface area contributed by atoms with E-state index in [1.165, 1.54) is 12.5 Å². The molecule has 0 atom stereocenters. The standard InChI is InChI=1S/C27H30FN3O2/c28-23-10-4-2-8-20(23)26-22(25(27(32)33)21-9-3-5-11-24(21)30-26)18-31(16-6-1-7-17-31)19-12-14-29-15-13-19/h2-5,8-11,19,29H,1,6-7,12-18H2/p+1. The Bertz CT molecular complexity index is 1170. The fraction of sp³-hybridized carbons (Fsp3) is 0.407. The van der Waals surface area contributed by atoms with Gasteiger partial charge >= 0.3 is 5.97 Å². The number of quaternary nitrogens is 1. The van der Waals surface area contributed by atoms with Crippen LogP contribution in [-0.2, 0) is 6.54 Å². The Morgan fingerprint density at radius 1 is 1.03 bits per heavy atom. The number of pyridine rings is 1. The van der Waals surface area contributed by atoms with Gasteiger partial charge in [-0.1, -0.05) is 30.3 Å². The average molecular weight is 449 g/mol. The second-order valence-electron chi connectivity index (χ2n) is 9.48. The van der Waals surface area contributed by atoms with Crippen LogP contribution in [0.1, 0.15) is 48.0 Å². The molecule has 0 aliphatic carbocycles. The SMILES string of the molecule is O=C(O)c1c(C[N+]2(C3CCNCC3)CCCCC2)c(-c2ccccc2F)nc2ccccc12. The van der Waals surface area contributed by atoms with Gasteiger partial charge in [0.2, 0.25) is 0 Å². The lowest BCUT2D eigenvalue weighted by Gasteiger charge is -2.49. The van der Waals surface area contributed by atoms with Crippen molar-refractivity contribution in [3.8, 4) is 11.3 Å². The van der Waals surface area contributed by atoms with Crippen LogP contribution in [0.15, 0.2) is 48.5 Å². The van der Waals surface area contributed by atoms with Crippen LogP contribution in [0.5, 0.6) is 0 Å². The van der Waals surface area contributed by atoms with E-state index in [4.69, 9.17) is 4.98 Å². The number of fused-ring (bicyclic) bond motifs is 1. The largest absolute Gasteiger partial charge is 0.478 e. The highest BCUT2D eigenvalue weighted by Crippen LogP contribution is 2.37. The van der Waals surface area contributed by atoms with E-state index in [9.17, 15) is 9.90 Å². The molecule has 1 aromatic heterocycles. The lowest BCUT2D eigenvalue weighted by molar-refractivity contribution is -0.968. The number of piperidine rings is 2. The van der Waals surface area contributed by atoms with Gasteiger partial charge < -0.3 is 14.9 Å². The maximum Gasteiger partial charge on any atom is 0.336 e. The smallest absolute Gasteiger partial charge is 0.336 e. The number of hydrogen-bond acceptors (Lipinski definition) is 3. The van der Waals surface area contributed by atoms with Gasteiger partial charge in [0, 0.05) is 42.4 Å². The topological polar surface area (TPSA) is 62.2 Å². The van der Waals surface area contributed by atoms with Crippen molar-refractivity contribution in [3.05, 3.63) is 65.5 Å². The molecule has 0 saturated carbocycles. The number of hydrogen-bond donors (Lipinski definition) is 2. The van der Waals surface area contributed by atoms with Crippen LogP contribution >= 0.6 is 0 Å². The molecule has 5 rings (SSSR count). The van der Waals surface area contributed by atoms with E-state index < -0.39 is 5.97 Å². The van der Waals surface area contributed by atoms with Gasteiger partial charge in [0.1, 0.15) is 12.4 Å². The molecule has 0 spiro atoms. The minimum absolute atomic E-state index is 0.274. The van der Waals surface area contributed by atoms with Crippen LogP contribution < -0.4 is 5.32 Å². The third-order valence-electron chi connectivity index (χ3n) is 7.60. The van der Waals surface area contributed by atoms with Crippen molar-refractivity contribution in [2.45, 2.75) is 44.7 Å². The summed E-state index contributed by atoms with van der Waals surface area (Å²) in [6, 6.07) is 14.4. The first-order valence-corrected chi connectivity index (χ1v) is 12.1. The molecule has 2 fully saturated rings. The molecular formula is C27H31FN3O2+. The molecule has 2 saturated heterocycles. The first-order valence-electron chi connectivity index (χ1n) is 12.1. The molecule has 0 amide bonds. The van der Waals surface area contributed by atoms with Crippen molar-refractivity contribution in [2.24, 2.45) is 0 Å². The summed E-state index contributed by atoms with van der Waals surface area (Å²) in [5.41, 5.74) is 2.38. The first-order chi connectivity index (χ1) is 16.1. The quantitative estimate of drug-likeness (QED) is 0.540. The molecule has 172 valence electrons. The second-order valence-corrected chi connectivity index (χ2v) is 9.48. The fourth-order valence-electron chi connectivity index (χ4n) is 5.99. The van der Waals surface area contributed by atoms with Gasteiger partial charge in [0.25, 0.3) is 0 Å². The minimum Gasteiger partial charge on any atom is -0.478 e. The van der Waals surface area contributed by atoms with E-state index in [2.05, 4.69) is 5.32 Å². The Labute approximate surface area is 193 Å². The summed E-state index contributed by atoms with van der Waals surface area (Å²) < 4.78 is 15.9. The fourth-order valence-corrected chi connectivity index (χ4v) is 5.99. The number of carbonyl (C=O) groups is 1. The van der Waals surface area contributed by atoms with Crippen molar-refractivity contribution in [1.29, 1.82) is 0 Å². The molecule has 2 aromatic carbocycles. The number of aromatic carboxylic acids is 1. The highest BCUT2D eigenvalue weighted by atomic mass is 19.1. The second kappa shape index (κ2) is 9.20. The Kier molecular flexibility index (Phi) is 6.13. The van der Waals surface area contributed by atoms with Crippen molar-refractivity contribution in [3.63, 3.8) is 0 Å².